The van der Waals surface area contributed by atoms with E-state index in [0.717, 1.165) is 6.42 Å². The standard InChI is InChI=1S/C7H13N3OS/c1-4-7(2,3)11-10-6-9-8-5-12-6/h5H,4H2,1-3H3,(H,9,10). The summed E-state index contributed by atoms with van der Waals surface area (Å²) in [6.45, 7) is 6.10. The van der Waals surface area contributed by atoms with Crippen molar-refractivity contribution in [2.45, 2.75) is 32.8 Å². The third kappa shape index (κ3) is 2.75. The van der Waals surface area contributed by atoms with Crippen LogP contribution in [0.25, 0.3) is 0 Å². The maximum atomic E-state index is 5.38. The fourth-order valence-corrected chi connectivity index (χ4v) is 0.850. The van der Waals surface area contributed by atoms with E-state index in [4.69, 9.17) is 4.84 Å². The van der Waals surface area contributed by atoms with Crippen LogP contribution in [-0.2, 0) is 4.84 Å². The molecule has 0 saturated carbocycles. The van der Waals surface area contributed by atoms with Crippen LogP contribution in [-0.4, -0.2) is 15.8 Å². The first-order valence-corrected chi connectivity index (χ1v) is 4.72. The molecule has 0 fully saturated rings. The number of rotatable bonds is 4. The molecular formula is C7H13N3OS. The van der Waals surface area contributed by atoms with E-state index in [1.807, 2.05) is 13.8 Å². The summed E-state index contributed by atoms with van der Waals surface area (Å²) in [5.41, 5.74) is 4.26. The number of hydrogen-bond donors (Lipinski definition) is 1. The van der Waals surface area contributed by atoms with E-state index in [2.05, 4.69) is 22.6 Å². The Kier molecular flexibility index (Phi) is 2.99. The Bertz CT molecular complexity index is 223. The highest BCUT2D eigenvalue weighted by molar-refractivity contribution is 7.13. The fourth-order valence-electron chi connectivity index (χ4n) is 0.472. The molecule has 0 atom stereocenters. The van der Waals surface area contributed by atoms with Crippen molar-refractivity contribution in [3.63, 3.8) is 0 Å². The predicted octanol–water partition coefficient (Wildman–Crippen LogP) is 2.07. The molecule has 5 heteroatoms. The third-order valence-corrected chi connectivity index (χ3v) is 2.21. The lowest BCUT2D eigenvalue weighted by Gasteiger charge is -2.21. The molecule has 68 valence electrons. The van der Waals surface area contributed by atoms with Gasteiger partial charge in [-0.3, -0.25) is 4.84 Å². The van der Waals surface area contributed by atoms with Crippen molar-refractivity contribution in [2.75, 3.05) is 5.48 Å². The Balaban J connectivity index is 2.36. The molecule has 0 aliphatic carbocycles. The van der Waals surface area contributed by atoms with Gasteiger partial charge in [-0.05, 0) is 20.3 Å². The van der Waals surface area contributed by atoms with Gasteiger partial charge in [-0.1, -0.05) is 18.3 Å². The van der Waals surface area contributed by atoms with Crippen LogP contribution in [0, 0.1) is 0 Å². The lowest BCUT2D eigenvalue weighted by atomic mass is 10.1. The van der Waals surface area contributed by atoms with Gasteiger partial charge in [0.15, 0.2) is 0 Å². The summed E-state index contributed by atoms with van der Waals surface area (Å²) in [4.78, 5) is 5.38. The average Bonchev–Trinajstić information content (AvgIpc) is 2.53. The molecule has 1 rings (SSSR count). The molecule has 0 unspecified atom stereocenters. The van der Waals surface area contributed by atoms with Crippen molar-refractivity contribution in [1.82, 2.24) is 10.2 Å². The third-order valence-electron chi connectivity index (χ3n) is 1.63. The van der Waals surface area contributed by atoms with Gasteiger partial charge in [0.2, 0.25) is 5.13 Å². The monoisotopic (exact) mass is 187 g/mol. The van der Waals surface area contributed by atoms with Crippen LogP contribution < -0.4 is 5.48 Å². The Morgan fingerprint density at radius 1 is 1.67 bits per heavy atom. The van der Waals surface area contributed by atoms with Crippen LogP contribution in [0.5, 0.6) is 0 Å². The number of anilines is 1. The zero-order valence-electron chi connectivity index (χ0n) is 7.50. The maximum Gasteiger partial charge on any atom is 0.229 e. The van der Waals surface area contributed by atoms with E-state index in [1.54, 1.807) is 5.51 Å². The molecule has 0 aliphatic heterocycles. The van der Waals surface area contributed by atoms with Gasteiger partial charge >= 0.3 is 0 Å². The molecule has 1 N–H and O–H groups in total. The Morgan fingerprint density at radius 2 is 2.42 bits per heavy atom. The normalized spacial score (nSPS) is 11.6. The SMILES string of the molecule is CCC(C)(C)ONc1nncs1. The van der Waals surface area contributed by atoms with Crippen LogP contribution in [0.15, 0.2) is 5.51 Å². The second kappa shape index (κ2) is 3.82. The summed E-state index contributed by atoms with van der Waals surface area (Å²) in [6, 6.07) is 0. The molecule has 0 saturated heterocycles. The minimum atomic E-state index is -0.161. The minimum absolute atomic E-state index is 0.161. The molecule has 12 heavy (non-hydrogen) atoms. The average molecular weight is 187 g/mol. The lowest BCUT2D eigenvalue weighted by Crippen LogP contribution is -2.26. The Hall–Kier alpha value is -0.680. The first kappa shape index (κ1) is 9.41. The van der Waals surface area contributed by atoms with Crippen LogP contribution in [0.1, 0.15) is 27.2 Å². The molecule has 4 nitrogen and oxygen atoms in total. The zero-order chi connectivity index (χ0) is 9.03. The second-order valence-electron chi connectivity index (χ2n) is 3.06. The number of nitrogens with one attached hydrogen (secondary N) is 1. The van der Waals surface area contributed by atoms with Crippen LogP contribution >= 0.6 is 11.3 Å². The molecule has 1 heterocycles. The highest BCUT2D eigenvalue weighted by atomic mass is 32.1. The largest absolute Gasteiger partial charge is 0.268 e. The van der Waals surface area contributed by atoms with E-state index < -0.39 is 0 Å². The van der Waals surface area contributed by atoms with Gasteiger partial charge in [-0.2, -0.15) is 0 Å². The number of hydrogen-bond acceptors (Lipinski definition) is 5. The van der Waals surface area contributed by atoms with Crippen molar-refractivity contribution < 1.29 is 4.84 Å². The summed E-state index contributed by atoms with van der Waals surface area (Å²) < 4.78 is 0. The topological polar surface area (TPSA) is 47.0 Å². The summed E-state index contributed by atoms with van der Waals surface area (Å²) in [7, 11) is 0. The van der Waals surface area contributed by atoms with Gasteiger partial charge in [0.05, 0.1) is 5.60 Å². The molecule has 0 spiro atoms. The van der Waals surface area contributed by atoms with Crippen molar-refractivity contribution in [1.29, 1.82) is 0 Å². The van der Waals surface area contributed by atoms with Crippen molar-refractivity contribution in [3.8, 4) is 0 Å². The molecule has 0 bridgehead atoms. The summed E-state index contributed by atoms with van der Waals surface area (Å²) >= 11 is 1.42. The molecule has 0 radical (unpaired) electrons. The lowest BCUT2D eigenvalue weighted by molar-refractivity contribution is 0.0175. The van der Waals surface area contributed by atoms with Crippen LogP contribution in [0.2, 0.25) is 0 Å². The van der Waals surface area contributed by atoms with E-state index in [1.165, 1.54) is 11.3 Å². The number of nitrogens with zero attached hydrogens (tertiary/aromatic N) is 2. The van der Waals surface area contributed by atoms with Gasteiger partial charge in [0.25, 0.3) is 0 Å². The summed E-state index contributed by atoms with van der Waals surface area (Å²) in [5, 5.41) is 8.15. The highest BCUT2D eigenvalue weighted by Crippen LogP contribution is 2.16. The predicted molar refractivity (Wildman–Crippen MR) is 49.0 cm³/mol. The zero-order valence-corrected chi connectivity index (χ0v) is 8.31. The van der Waals surface area contributed by atoms with Crippen molar-refractivity contribution in [3.05, 3.63) is 5.51 Å². The Morgan fingerprint density at radius 3 is 2.92 bits per heavy atom. The molecule has 0 aromatic carbocycles. The molecule has 0 aliphatic rings. The Labute approximate surface area is 75.9 Å². The van der Waals surface area contributed by atoms with E-state index in [-0.39, 0.29) is 5.60 Å². The molecular weight excluding hydrogens is 174 g/mol. The van der Waals surface area contributed by atoms with Gasteiger partial charge < -0.3 is 0 Å². The first-order valence-electron chi connectivity index (χ1n) is 3.84. The van der Waals surface area contributed by atoms with Gasteiger partial charge in [-0.25, -0.2) is 5.48 Å². The van der Waals surface area contributed by atoms with E-state index in [0.29, 0.717) is 5.13 Å². The molecule has 1 aromatic rings. The highest BCUT2D eigenvalue weighted by Gasteiger charge is 2.16. The minimum Gasteiger partial charge on any atom is -0.268 e. The quantitative estimate of drug-likeness (QED) is 0.733. The molecule has 0 amide bonds. The van der Waals surface area contributed by atoms with Crippen LogP contribution in [0.4, 0.5) is 5.13 Å². The van der Waals surface area contributed by atoms with E-state index in [9.17, 15) is 0 Å². The smallest absolute Gasteiger partial charge is 0.229 e. The second-order valence-corrected chi connectivity index (χ2v) is 3.89. The van der Waals surface area contributed by atoms with E-state index >= 15 is 0 Å². The molecule has 1 aromatic heterocycles. The van der Waals surface area contributed by atoms with Gasteiger partial charge in [0.1, 0.15) is 5.51 Å². The summed E-state index contributed by atoms with van der Waals surface area (Å²) in [6.07, 6.45) is 0.943. The maximum absolute atomic E-state index is 5.38. The summed E-state index contributed by atoms with van der Waals surface area (Å²) in [5.74, 6) is 0. The van der Waals surface area contributed by atoms with Gasteiger partial charge in [0, 0.05) is 0 Å². The van der Waals surface area contributed by atoms with Crippen molar-refractivity contribution in [2.24, 2.45) is 0 Å². The van der Waals surface area contributed by atoms with Crippen molar-refractivity contribution >= 4 is 16.5 Å². The van der Waals surface area contributed by atoms with Gasteiger partial charge in [-0.15, -0.1) is 10.2 Å². The van der Waals surface area contributed by atoms with Crippen LogP contribution in [0.3, 0.4) is 0 Å². The fraction of sp³-hybridized carbons (Fsp3) is 0.714. The first-order chi connectivity index (χ1) is 5.64. The number of aromatic nitrogens is 2.